The van der Waals surface area contributed by atoms with Crippen LogP contribution in [0.4, 0.5) is 0 Å². The fourth-order valence-electron chi connectivity index (χ4n) is 1.70. The minimum Gasteiger partial charge on any atom is -0.355 e. The SMILES string of the molecule is N[C@@H](Cc1ccccc1)C(=O)NCCSSCCNC(=O)CBr. The molecule has 0 heterocycles. The minimum atomic E-state index is -0.519. The van der Waals surface area contributed by atoms with Crippen LogP contribution < -0.4 is 16.4 Å². The molecule has 0 aromatic heterocycles. The number of hydrogen-bond donors (Lipinski definition) is 3. The molecule has 0 aliphatic carbocycles. The number of nitrogens with one attached hydrogen (secondary N) is 2. The van der Waals surface area contributed by atoms with E-state index in [0.717, 1.165) is 17.1 Å². The lowest BCUT2D eigenvalue weighted by Gasteiger charge is -2.12. The maximum absolute atomic E-state index is 11.9. The van der Waals surface area contributed by atoms with Crippen LogP contribution in [0.3, 0.4) is 0 Å². The average molecular weight is 420 g/mol. The van der Waals surface area contributed by atoms with Gasteiger partial charge < -0.3 is 16.4 Å². The Labute approximate surface area is 153 Å². The van der Waals surface area contributed by atoms with Gasteiger partial charge in [-0.2, -0.15) is 0 Å². The summed E-state index contributed by atoms with van der Waals surface area (Å²) in [5.74, 6) is 1.52. The second kappa shape index (κ2) is 12.7. The van der Waals surface area contributed by atoms with E-state index in [4.69, 9.17) is 5.73 Å². The molecule has 0 radical (unpaired) electrons. The molecule has 1 aromatic rings. The zero-order valence-electron chi connectivity index (χ0n) is 12.8. The smallest absolute Gasteiger partial charge is 0.237 e. The summed E-state index contributed by atoms with van der Waals surface area (Å²) in [4.78, 5) is 22.9. The lowest BCUT2D eigenvalue weighted by atomic mass is 10.1. The highest BCUT2D eigenvalue weighted by atomic mass is 79.9. The van der Waals surface area contributed by atoms with Crippen LogP contribution in [0.2, 0.25) is 0 Å². The molecular formula is C15H22BrN3O2S2. The van der Waals surface area contributed by atoms with Crippen LogP contribution in [0.15, 0.2) is 30.3 Å². The van der Waals surface area contributed by atoms with Crippen LogP contribution in [-0.4, -0.2) is 47.8 Å². The maximum atomic E-state index is 11.9. The standard InChI is InChI=1S/C15H22BrN3O2S2/c16-11-14(20)18-6-8-22-23-9-7-19-15(21)13(17)10-12-4-2-1-3-5-12/h1-5,13H,6-11,17H2,(H,18,20)(H,19,21)/t13-/m0/s1. The van der Waals surface area contributed by atoms with E-state index >= 15 is 0 Å². The third-order valence-electron chi connectivity index (χ3n) is 2.83. The van der Waals surface area contributed by atoms with E-state index in [2.05, 4.69) is 26.6 Å². The first-order valence-corrected chi connectivity index (χ1v) is 10.9. The molecule has 5 nitrogen and oxygen atoms in total. The van der Waals surface area contributed by atoms with Crippen molar-refractivity contribution in [2.24, 2.45) is 5.73 Å². The van der Waals surface area contributed by atoms with Gasteiger partial charge in [-0.3, -0.25) is 9.59 Å². The highest BCUT2D eigenvalue weighted by Gasteiger charge is 2.13. The third kappa shape index (κ3) is 9.91. The average Bonchev–Trinajstić information content (AvgIpc) is 2.57. The molecule has 1 aromatic carbocycles. The van der Waals surface area contributed by atoms with E-state index in [0.29, 0.717) is 24.8 Å². The monoisotopic (exact) mass is 419 g/mol. The topological polar surface area (TPSA) is 84.2 Å². The maximum Gasteiger partial charge on any atom is 0.237 e. The molecule has 1 rings (SSSR count). The Morgan fingerprint density at radius 2 is 1.70 bits per heavy atom. The highest BCUT2D eigenvalue weighted by molar-refractivity contribution is 9.09. The molecule has 0 aliphatic rings. The van der Waals surface area contributed by atoms with Crippen molar-refractivity contribution < 1.29 is 9.59 Å². The molecule has 23 heavy (non-hydrogen) atoms. The molecule has 0 unspecified atom stereocenters. The van der Waals surface area contributed by atoms with Gasteiger partial charge in [-0.1, -0.05) is 67.8 Å². The summed E-state index contributed by atoms with van der Waals surface area (Å²) in [5.41, 5.74) is 6.96. The van der Waals surface area contributed by atoms with E-state index in [1.807, 2.05) is 30.3 Å². The first-order valence-electron chi connectivity index (χ1n) is 7.27. The van der Waals surface area contributed by atoms with Gasteiger partial charge in [-0.25, -0.2) is 0 Å². The molecule has 8 heteroatoms. The van der Waals surface area contributed by atoms with Gasteiger partial charge >= 0.3 is 0 Å². The summed E-state index contributed by atoms with van der Waals surface area (Å²) in [6.07, 6.45) is 0.543. The Hall–Kier alpha value is -0.700. The fraction of sp³-hybridized carbons (Fsp3) is 0.467. The van der Waals surface area contributed by atoms with Gasteiger partial charge in [0.05, 0.1) is 11.4 Å². The highest BCUT2D eigenvalue weighted by Crippen LogP contribution is 2.19. The molecule has 2 amide bonds. The lowest BCUT2D eigenvalue weighted by molar-refractivity contribution is -0.122. The second-order valence-corrected chi connectivity index (χ2v) is 7.98. The van der Waals surface area contributed by atoms with Crippen molar-refractivity contribution >= 4 is 49.3 Å². The van der Waals surface area contributed by atoms with E-state index in [9.17, 15) is 9.59 Å². The third-order valence-corrected chi connectivity index (χ3v) is 5.75. The van der Waals surface area contributed by atoms with Crippen LogP contribution >= 0.6 is 37.5 Å². The number of amides is 2. The van der Waals surface area contributed by atoms with Gasteiger partial charge in [0.25, 0.3) is 0 Å². The molecule has 128 valence electrons. The Kier molecular flexibility index (Phi) is 11.2. The van der Waals surface area contributed by atoms with E-state index in [1.165, 1.54) is 0 Å². The normalized spacial score (nSPS) is 11.7. The van der Waals surface area contributed by atoms with Crippen LogP contribution in [-0.2, 0) is 16.0 Å². The van der Waals surface area contributed by atoms with Crippen LogP contribution in [0.25, 0.3) is 0 Å². The number of hydrogen-bond acceptors (Lipinski definition) is 5. The molecule has 0 saturated carbocycles. The summed E-state index contributed by atoms with van der Waals surface area (Å²) in [6, 6.07) is 9.23. The zero-order valence-corrected chi connectivity index (χ0v) is 16.0. The summed E-state index contributed by atoms with van der Waals surface area (Å²) in [7, 11) is 3.34. The molecule has 0 saturated heterocycles. The summed E-state index contributed by atoms with van der Waals surface area (Å²) >= 11 is 3.09. The van der Waals surface area contributed by atoms with Gasteiger partial charge in [-0.15, -0.1) is 0 Å². The van der Waals surface area contributed by atoms with Gasteiger partial charge in [0, 0.05) is 24.6 Å². The van der Waals surface area contributed by atoms with E-state index in [1.54, 1.807) is 21.6 Å². The number of alkyl halides is 1. The Morgan fingerprint density at radius 3 is 2.30 bits per heavy atom. The Bertz CT molecular complexity index is 477. The molecule has 0 bridgehead atoms. The van der Waals surface area contributed by atoms with Crippen LogP contribution in [0.5, 0.6) is 0 Å². The molecule has 1 atom stereocenters. The molecule has 0 spiro atoms. The molecular weight excluding hydrogens is 398 g/mol. The lowest BCUT2D eigenvalue weighted by Crippen LogP contribution is -2.42. The van der Waals surface area contributed by atoms with Crippen molar-refractivity contribution in [2.75, 3.05) is 29.9 Å². The summed E-state index contributed by atoms with van der Waals surface area (Å²) in [5, 5.41) is 5.95. The van der Waals surface area contributed by atoms with Gasteiger partial charge in [0.1, 0.15) is 0 Å². The summed E-state index contributed by atoms with van der Waals surface area (Å²) in [6.45, 7) is 1.24. The summed E-state index contributed by atoms with van der Waals surface area (Å²) < 4.78 is 0. The van der Waals surface area contributed by atoms with Crippen LogP contribution in [0, 0.1) is 0 Å². The minimum absolute atomic E-state index is 0.00438. The van der Waals surface area contributed by atoms with Crippen molar-refractivity contribution in [3.8, 4) is 0 Å². The van der Waals surface area contributed by atoms with Crippen molar-refractivity contribution in [2.45, 2.75) is 12.5 Å². The quantitative estimate of drug-likeness (QED) is 0.288. The van der Waals surface area contributed by atoms with Gasteiger partial charge in [-0.05, 0) is 12.0 Å². The van der Waals surface area contributed by atoms with Crippen molar-refractivity contribution in [1.29, 1.82) is 0 Å². The first kappa shape index (κ1) is 20.3. The van der Waals surface area contributed by atoms with Gasteiger partial charge in [0.15, 0.2) is 0 Å². The van der Waals surface area contributed by atoms with Crippen molar-refractivity contribution in [1.82, 2.24) is 10.6 Å². The Morgan fingerprint density at radius 1 is 1.09 bits per heavy atom. The number of carbonyl (C=O) groups is 2. The predicted molar refractivity (Wildman–Crippen MR) is 103 cm³/mol. The van der Waals surface area contributed by atoms with Crippen molar-refractivity contribution in [3.63, 3.8) is 0 Å². The van der Waals surface area contributed by atoms with Gasteiger partial charge in [0.2, 0.25) is 11.8 Å². The van der Waals surface area contributed by atoms with Crippen molar-refractivity contribution in [3.05, 3.63) is 35.9 Å². The number of rotatable bonds is 11. The molecule has 4 N–H and O–H groups in total. The molecule has 0 fully saturated rings. The second-order valence-electron chi connectivity index (χ2n) is 4.71. The predicted octanol–water partition coefficient (Wildman–Crippen LogP) is 1.57. The number of nitrogens with two attached hydrogens (primary N) is 1. The number of benzene rings is 1. The molecule has 0 aliphatic heterocycles. The van der Waals surface area contributed by atoms with E-state index < -0.39 is 6.04 Å². The van der Waals surface area contributed by atoms with Crippen LogP contribution in [0.1, 0.15) is 5.56 Å². The largest absolute Gasteiger partial charge is 0.355 e. The fourth-order valence-corrected chi connectivity index (χ4v) is 3.72. The first-order chi connectivity index (χ1) is 11.1. The van der Waals surface area contributed by atoms with E-state index in [-0.39, 0.29) is 11.8 Å². The number of carbonyl (C=O) groups excluding carboxylic acids is 2. The Balaban J connectivity index is 2.02. The zero-order chi connectivity index (χ0) is 16.9. The number of halogens is 1.